The molecule has 0 aliphatic carbocycles. The minimum atomic E-state index is -4.48. The molecular formula is C26H30F5N9O2. The third kappa shape index (κ3) is 6.37. The molecule has 2 saturated heterocycles. The Morgan fingerprint density at radius 1 is 1.21 bits per heavy atom. The lowest BCUT2D eigenvalue weighted by molar-refractivity contribution is -0.143. The molecule has 4 heterocycles. The largest absolute Gasteiger partial charge is 0.479 e. The number of hydrogen-bond donors (Lipinski definition) is 3. The first-order chi connectivity index (χ1) is 20.0. The Balaban J connectivity index is 1.35. The van der Waals surface area contributed by atoms with Crippen molar-refractivity contribution >= 4 is 28.7 Å². The van der Waals surface area contributed by atoms with E-state index in [-0.39, 0.29) is 48.6 Å². The van der Waals surface area contributed by atoms with Crippen molar-refractivity contribution in [2.24, 2.45) is 5.11 Å². The highest BCUT2D eigenvalue weighted by atomic mass is 19.4. The van der Waals surface area contributed by atoms with Gasteiger partial charge in [-0.1, -0.05) is 6.07 Å². The van der Waals surface area contributed by atoms with Crippen LogP contribution in [0.2, 0.25) is 0 Å². The monoisotopic (exact) mass is 595 g/mol. The van der Waals surface area contributed by atoms with Crippen LogP contribution < -0.4 is 15.4 Å². The highest BCUT2D eigenvalue weighted by Gasteiger charge is 2.46. The number of rotatable bonds is 9. The van der Waals surface area contributed by atoms with Gasteiger partial charge < -0.3 is 20.3 Å². The Hall–Kier alpha value is -4.08. The topological polar surface area (TPSA) is 123 Å². The van der Waals surface area contributed by atoms with Crippen LogP contribution in [0.1, 0.15) is 19.3 Å². The smallest absolute Gasteiger partial charge is 0.405 e. The van der Waals surface area contributed by atoms with E-state index in [0.717, 1.165) is 25.9 Å². The van der Waals surface area contributed by atoms with Crippen LogP contribution in [0, 0.1) is 5.53 Å². The number of carbonyl (C=O) groups excluding carboxylic acids is 1. The van der Waals surface area contributed by atoms with Crippen molar-refractivity contribution in [2.75, 3.05) is 57.0 Å². The summed E-state index contributed by atoms with van der Waals surface area (Å²) in [5, 5.41) is 12.6. The molecule has 2 aliphatic heterocycles. The summed E-state index contributed by atoms with van der Waals surface area (Å²) in [6.45, 7) is -0.126. The van der Waals surface area contributed by atoms with Gasteiger partial charge in [-0.2, -0.15) is 23.3 Å². The van der Waals surface area contributed by atoms with Crippen molar-refractivity contribution in [3.63, 3.8) is 0 Å². The lowest BCUT2D eigenvalue weighted by Crippen LogP contribution is -2.57. The minimum Gasteiger partial charge on any atom is -0.479 e. The first-order valence-corrected chi connectivity index (χ1v) is 13.4. The molecule has 3 aromatic rings. The fourth-order valence-electron chi connectivity index (χ4n) is 5.28. The van der Waals surface area contributed by atoms with Crippen molar-refractivity contribution < 1.29 is 31.5 Å². The molecule has 0 bridgehead atoms. The number of halogens is 5. The van der Waals surface area contributed by atoms with E-state index in [1.54, 1.807) is 18.3 Å². The number of hydrogen-bond acceptors (Lipinski definition) is 9. The van der Waals surface area contributed by atoms with Crippen LogP contribution in [-0.2, 0) is 4.79 Å². The number of anilines is 2. The zero-order valence-electron chi connectivity index (χ0n) is 22.7. The molecule has 2 aliphatic rings. The maximum absolute atomic E-state index is 15.2. The Kier molecular flexibility index (Phi) is 8.17. The number of fused-ring (bicyclic) bond motifs is 1. The maximum Gasteiger partial charge on any atom is 0.405 e. The van der Waals surface area contributed by atoms with Gasteiger partial charge in [0.25, 0.3) is 5.92 Å². The predicted octanol–water partition coefficient (Wildman–Crippen LogP) is 4.79. The number of benzene rings is 1. The minimum absolute atomic E-state index is 0.00447. The van der Waals surface area contributed by atoms with Gasteiger partial charge in [-0.05, 0) is 56.1 Å². The number of alkyl halides is 5. The molecule has 0 spiro atoms. The summed E-state index contributed by atoms with van der Waals surface area (Å²) in [5.41, 5.74) is 8.62. The van der Waals surface area contributed by atoms with E-state index in [0.29, 0.717) is 16.6 Å². The molecule has 5 rings (SSSR count). The summed E-state index contributed by atoms with van der Waals surface area (Å²) >= 11 is 0. The molecule has 1 aromatic carbocycles. The molecule has 226 valence electrons. The van der Waals surface area contributed by atoms with E-state index in [1.807, 2.05) is 4.90 Å². The standard InChI is InChI=1S/C26H30F5N9O2/c1-42-23-22-17(16-4-5-18(36-32)19(12-16)33-14-26(29,30)31)6-11-40(22)37-24(35-23)34-20-7-10-39(15-25(20,27)28)21(41)13-38-8-2-3-9-38/h4-6,11-12,20,32-33H,2-3,7-10,13-15H2,1H3,(H,34,37)/t20-/m1/s1. The van der Waals surface area contributed by atoms with Crippen molar-refractivity contribution in [1.82, 2.24) is 24.4 Å². The Morgan fingerprint density at radius 2 is 1.98 bits per heavy atom. The highest BCUT2D eigenvalue weighted by Crippen LogP contribution is 2.37. The Bertz CT molecular complexity index is 1460. The van der Waals surface area contributed by atoms with E-state index in [2.05, 4.69) is 25.8 Å². The number of carbonyl (C=O) groups is 1. The van der Waals surface area contributed by atoms with Crippen LogP contribution in [0.15, 0.2) is 35.6 Å². The summed E-state index contributed by atoms with van der Waals surface area (Å²) in [5.74, 6) is -3.61. The van der Waals surface area contributed by atoms with Gasteiger partial charge >= 0.3 is 6.18 Å². The fourth-order valence-corrected chi connectivity index (χ4v) is 5.28. The zero-order chi connectivity index (χ0) is 30.1. The van der Waals surface area contributed by atoms with E-state index in [1.165, 1.54) is 28.7 Å². The van der Waals surface area contributed by atoms with E-state index in [4.69, 9.17) is 10.3 Å². The van der Waals surface area contributed by atoms with Crippen LogP contribution in [0.25, 0.3) is 16.6 Å². The first-order valence-electron chi connectivity index (χ1n) is 13.4. The highest BCUT2D eigenvalue weighted by molar-refractivity contribution is 5.87. The first kappa shape index (κ1) is 29.4. The van der Waals surface area contributed by atoms with Crippen LogP contribution in [0.3, 0.4) is 0 Å². The zero-order valence-corrected chi connectivity index (χ0v) is 22.7. The molecule has 0 radical (unpaired) electrons. The maximum atomic E-state index is 15.2. The number of likely N-dealkylation sites (tertiary alicyclic amines) is 2. The Labute approximate surface area is 237 Å². The van der Waals surface area contributed by atoms with Crippen LogP contribution >= 0.6 is 0 Å². The average Bonchev–Trinajstić information content (AvgIpc) is 3.62. The van der Waals surface area contributed by atoms with Gasteiger partial charge in [0.05, 0.1) is 31.9 Å². The second kappa shape index (κ2) is 11.7. The van der Waals surface area contributed by atoms with E-state index in [9.17, 15) is 18.0 Å². The SMILES string of the molecule is COc1nc(N[C@@H]2CCN(C(=O)CN3CCCC3)CC2(F)F)nn2ccc(-c3ccc(N=N)c(NCC(F)(F)F)c3)c12. The lowest BCUT2D eigenvalue weighted by Gasteiger charge is -2.39. The number of amides is 1. The molecule has 11 nitrogen and oxygen atoms in total. The number of methoxy groups -OCH3 is 1. The number of ether oxygens (including phenoxy) is 1. The fraction of sp³-hybridized carbons (Fsp3) is 0.500. The number of aromatic nitrogens is 3. The van der Waals surface area contributed by atoms with Gasteiger partial charge in [-0.3, -0.25) is 9.69 Å². The molecule has 0 unspecified atom stereocenters. The van der Waals surface area contributed by atoms with Gasteiger partial charge in [-0.15, -0.1) is 5.10 Å². The Morgan fingerprint density at radius 3 is 2.64 bits per heavy atom. The molecule has 2 fully saturated rings. The molecule has 1 atom stereocenters. The summed E-state index contributed by atoms with van der Waals surface area (Å²) in [7, 11) is 1.35. The van der Waals surface area contributed by atoms with Crippen molar-refractivity contribution in [3.05, 3.63) is 30.5 Å². The molecule has 16 heteroatoms. The quantitative estimate of drug-likeness (QED) is 0.240. The second-order valence-electron chi connectivity index (χ2n) is 10.3. The molecule has 2 aromatic heterocycles. The normalized spacial score (nSPS) is 19.2. The van der Waals surface area contributed by atoms with E-state index >= 15 is 8.78 Å². The number of piperidine rings is 1. The predicted molar refractivity (Wildman–Crippen MR) is 144 cm³/mol. The van der Waals surface area contributed by atoms with Crippen LogP contribution in [-0.4, -0.2) is 94.8 Å². The van der Waals surface area contributed by atoms with Gasteiger partial charge in [-0.25, -0.2) is 18.8 Å². The summed E-state index contributed by atoms with van der Waals surface area (Å²) in [6, 6.07) is 4.70. The van der Waals surface area contributed by atoms with Gasteiger partial charge in [0.15, 0.2) is 0 Å². The van der Waals surface area contributed by atoms with Gasteiger partial charge in [0.1, 0.15) is 17.7 Å². The molecular weight excluding hydrogens is 565 g/mol. The second-order valence-corrected chi connectivity index (χ2v) is 10.3. The van der Waals surface area contributed by atoms with Crippen LogP contribution in [0.4, 0.5) is 39.3 Å². The molecule has 3 N–H and O–H groups in total. The third-order valence-corrected chi connectivity index (χ3v) is 7.39. The van der Waals surface area contributed by atoms with E-state index < -0.39 is 31.2 Å². The van der Waals surface area contributed by atoms with Gasteiger partial charge in [0, 0.05) is 18.3 Å². The van der Waals surface area contributed by atoms with Crippen molar-refractivity contribution in [3.8, 4) is 17.0 Å². The number of nitrogens with zero attached hydrogens (tertiary/aromatic N) is 6. The molecule has 0 saturated carbocycles. The molecule has 42 heavy (non-hydrogen) atoms. The molecule has 1 amide bonds. The summed E-state index contributed by atoms with van der Waals surface area (Å²) in [6.07, 6.45) is -0.944. The summed E-state index contributed by atoms with van der Waals surface area (Å²) < 4.78 is 75.5. The summed E-state index contributed by atoms with van der Waals surface area (Å²) in [4.78, 5) is 20.1. The lowest BCUT2D eigenvalue weighted by atomic mass is 10.0. The average molecular weight is 596 g/mol. The van der Waals surface area contributed by atoms with Crippen molar-refractivity contribution in [2.45, 2.75) is 37.4 Å². The van der Waals surface area contributed by atoms with Crippen LogP contribution in [0.5, 0.6) is 5.88 Å². The van der Waals surface area contributed by atoms with Crippen molar-refractivity contribution in [1.29, 1.82) is 5.53 Å². The number of nitrogens with one attached hydrogen (secondary N) is 3. The third-order valence-electron chi connectivity index (χ3n) is 7.39. The van der Waals surface area contributed by atoms with Gasteiger partial charge in [0.2, 0.25) is 17.7 Å².